The average Bonchev–Trinajstić information content (AvgIpc) is 3.20. The lowest BCUT2D eigenvalue weighted by Crippen LogP contribution is -2.67. The fourth-order valence-corrected chi connectivity index (χ4v) is 3.28. The standard InChI is InChI=1S/C19H21NO7/c1-11(21)20-15-16(22)17-14(10-24-18(27-17)13-8-5-9-23-13)26-19(15)25-12-6-3-2-4-7-12/h2-9,14-19,22H,10H2,1H3,(H,20,21)/t14-,15-,16-,17-,18-,19-/m1/s1. The van der Waals surface area contributed by atoms with E-state index in [-0.39, 0.29) is 12.5 Å². The van der Waals surface area contributed by atoms with Crippen LogP contribution in [0.15, 0.2) is 53.1 Å². The number of carbonyl (C=O) groups excluding carboxylic acids is 1. The molecule has 2 saturated heterocycles. The number of furan rings is 1. The average molecular weight is 375 g/mol. The quantitative estimate of drug-likeness (QED) is 0.832. The number of amides is 1. The molecule has 1 amide bonds. The van der Waals surface area contributed by atoms with Crippen molar-refractivity contribution in [2.75, 3.05) is 6.61 Å². The van der Waals surface area contributed by atoms with Gasteiger partial charge in [-0.25, -0.2) is 0 Å². The Morgan fingerprint density at radius 1 is 1.19 bits per heavy atom. The molecule has 2 N–H and O–H groups in total. The lowest BCUT2D eigenvalue weighted by Gasteiger charge is -2.47. The van der Waals surface area contributed by atoms with Crippen LogP contribution in [0.2, 0.25) is 0 Å². The summed E-state index contributed by atoms with van der Waals surface area (Å²) in [5, 5.41) is 13.6. The maximum Gasteiger partial charge on any atom is 0.223 e. The Hall–Kier alpha value is -2.39. The first-order chi connectivity index (χ1) is 13.1. The molecular weight excluding hydrogens is 354 g/mol. The highest BCUT2D eigenvalue weighted by Crippen LogP contribution is 2.34. The Kier molecular flexibility index (Phi) is 5.13. The Labute approximate surface area is 156 Å². The Morgan fingerprint density at radius 2 is 2.00 bits per heavy atom. The van der Waals surface area contributed by atoms with Crippen LogP contribution in [0.1, 0.15) is 19.0 Å². The highest BCUT2D eigenvalue weighted by molar-refractivity contribution is 5.73. The van der Waals surface area contributed by atoms with Gasteiger partial charge in [-0.3, -0.25) is 4.79 Å². The molecule has 144 valence electrons. The molecule has 8 nitrogen and oxygen atoms in total. The maximum absolute atomic E-state index is 11.7. The number of aliphatic hydroxyl groups excluding tert-OH is 1. The summed E-state index contributed by atoms with van der Waals surface area (Å²) in [4.78, 5) is 11.7. The lowest BCUT2D eigenvalue weighted by atomic mass is 9.96. The van der Waals surface area contributed by atoms with Crippen LogP contribution in [0.5, 0.6) is 5.75 Å². The zero-order valence-electron chi connectivity index (χ0n) is 14.7. The summed E-state index contributed by atoms with van der Waals surface area (Å²) in [6.45, 7) is 1.56. The number of hydrogen-bond acceptors (Lipinski definition) is 7. The van der Waals surface area contributed by atoms with Crippen molar-refractivity contribution >= 4 is 5.91 Å². The van der Waals surface area contributed by atoms with E-state index in [1.165, 1.54) is 13.2 Å². The van der Waals surface area contributed by atoms with Gasteiger partial charge in [-0.15, -0.1) is 0 Å². The van der Waals surface area contributed by atoms with Crippen LogP contribution >= 0.6 is 0 Å². The van der Waals surface area contributed by atoms with Crippen molar-refractivity contribution in [3.63, 3.8) is 0 Å². The van der Waals surface area contributed by atoms with E-state index in [9.17, 15) is 9.90 Å². The second-order valence-corrected chi connectivity index (χ2v) is 6.47. The molecule has 0 aliphatic carbocycles. The van der Waals surface area contributed by atoms with E-state index in [2.05, 4.69) is 5.32 Å². The van der Waals surface area contributed by atoms with Gasteiger partial charge in [-0.05, 0) is 24.3 Å². The number of ether oxygens (including phenoxy) is 4. The van der Waals surface area contributed by atoms with Gasteiger partial charge in [0, 0.05) is 6.92 Å². The molecule has 2 aromatic rings. The summed E-state index contributed by atoms with van der Waals surface area (Å²) in [6.07, 6.45) is -2.43. The van der Waals surface area contributed by atoms with Gasteiger partial charge in [-0.1, -0.05) is 18.2 Å². The van der Waals surface area contributed by atoms with Crippen LogP contribution in [0.3, 0.4) is 0 Å². The zero-order valence-corrected chi connectivity index (χ0v) is 14.7. The van der Waals surface area contributed by atoms with Crippen LogP contribution < -0.4 is 10.1 Å². The molecule has 0 saturated carbocycles. The van der Waals surface area contributed by atoms with Gasteiger partial charge in [0.25, 0.3) is 0 Å². The Bertz CT molecular complexity index is 751. The lowest BCUT2D eigenvalue weighted by molar-refractivity contribution is -0.336. The topological polar surface area (TPSA) is 99.4 Å². The number of hydrogen-bond donors (Lipinski definition) is 2. The van der Waals surface area contributed by atoms with Crippen molar-refractivity contribution in [3.8, 4) is 5.75 Å². The van der Waals surface area contributed by atoms with Crippen molar-refractivity contribution in [2.24, 2.45) is 0 Å². The first kappa shape index (κ1) is 18.0. The predicted octanol–water partition coefficient (Wildman–Crippen LogP) is 1.36. The maximum atomic E-state index is 11.7. The molecule has 27 heavy (non-hydrogen) atoms. The molecule has 0 radical (unpaired) electrons. The van der Waals surface area contributed by atoms with Gasteiger partial charge in [-0.2, -0.15) is 0 Å². The second kappa shape index (κ2) is 7.69. The minimum atomic E-state index is -1.05. The second-order valence-electron chi connectivity index (χ2n) is 6.47. The minimum absolute atomic E-state index is 0.189. The van der Waals surface area contributed by atoms with Crippen LogP contribution in [0.4, 0.5) is 0 Å². The van der Waals surface area contributed by atoms with Gasteiger partial charge in [0.15, 0.2) is 5.76 Å². The number of aliphatic hydroxyl groups is 1. The summed E-state index contributed by atoms with van der Waals surface area (Å²) in [5.74, 6) is 0.756. The highest BCUT2D eigenvalue weighted by Gasteiger charge is 2.51. The van der Waals surface area contributed by atoms with Crippen molar-refractivity contribution in [2.45, 2.75) is 43.9 Å². The predicted molar refractivity (Wildman–Crippen MR) is 91.6 cm³/mol. The molecule has 2 fully saturated rings. The van der Waals surface area contributed by atoms with Crippen LogP contribution in [-0.2, 0) is 19.0 Å². The molecular formula is C19H21NO7. The van der Waals surface area contributed by atoms with E-state index in [4.69, 9.17) is 23.4 Å². The Balaban J connectivity index is 1.53. The van der Waals surface area contributed by atoms with Crippen LogP contribution in [0, 0.1) is 0 Å². The smallest absolute Gasteiger partial charge is 0.223 e. The number of carbonyl (C=O) groups is 1. The van der Waals surface area contributed by atoms with E-state index in [0.29, 0.717) is 11.5 Å². The molecule has 0 unspecified atom stereocenters. The molecule has 2 aliphatic heterocycles. The molecule has 2 aliphatic rings. The van der Waals surface area contributed by atoms with Crippen molar-refractivity contribution in [1.82, 2.24) is 5.32 Å². The normalized spacial score (nSPS) is 33.1. The third-order valence-electron chi connectivity index (χ3n) is 4.51. The molecule has 4 rings (SSSR count). The van der Waals surface area contributed by atoms with Crippen LogP contribution in [0.25, 0.3) is 0 Å². The Morgan fingerprint density at radius 3 is 2.70 bits per heavy atom. The van der Waals surface area contributed by atoms with E-state index in [0.717, 1.165) is 0 Å². The number of benzene rings is 1. The molecule has 8 heteroatoms. The number of para-hydroxylation sites is 1. The number of rotatable bonds is 4. The summed E-state index contributed by atoms with van der Waals surface area (Å²) >= 11 is 0. The number of fused-ring (bicyclic) bond motifs is 1. The van der Waals surface area contributed by atoms with Gasteiger partial charge in [0.2, 0.25) is 18.5 Å². The largest absolute Gasteiger partial charge is 0.464 e. The fourth-order valence-electron chi connectivity index (χ4n) is 3.28. The molecule has 0 bridgehead atoms. The van der Waals surface area contributed by atoms with Gasteiger partial charge in [0.05, 0.1) is 12.9 Å². The number of nitrogens with one attached hydrogen (secondary N) is 1. The van der Waals surface area contributed by atoms with E-state index >= 15 is 0 Å². The summed E-state index contributed by atoms with van der Waals surface area (Å²) < 4.78 is 28.7. The summed E-state index contributed by atoms with van der Waals surface area (Å²) in [5.41, 5.74) is 0. The molecule has 6 atom stereocenters. The van der Waals surface area contributed by atoms with Gasteiger partial charge in [0.1, 0.15) is 30.1 Å². The molecule has 3 heterocycles. The van der Waals surface area contributed by atoms with Crippen molar-refractivity contribution in [1.29, 1.82) is 0 Å². The molecule has 1 aromatic heterocycles. The first-order valence-electron chi connectivity index (χ1n) is 8.74. The van der Waals surface area contributed by atoms with E-state index in [1.807, 2.05) is 18.2 Å². The van der Waals surface area contributed by atoms with Crippen molar-refractivity contribution < 1.29 is 33.3 Å². The minimum Gasteiger partial charge on any atom is -0.464 e. The summed E-state index contributed by atoms with van der Waals surface area (Å²) in [7, 11) is 0. The SMILES string of the molecule is CC(=O)N[C@H]1[C@H](Oc2ccccc2)O[C@@H]2CO[C@@H](c3ccco3)O[C@H]2[C@@H]1O. The summed E-state index contributed by atoms with van der Waals surface area (Å²) in [6, 6.07) is 11.7. The van der Waals surface area contributed by atoms with E-state index < -0.39 is 36.9 Å². The fraction of sp³-hybridized carbons (Fsp3) is 0.421. The van der Waals surface area contributed by atoms with Gasteiger partial charge >= 0.3 is 0 Å². The third kappa shape index (κ3) is 3.84. The first-order valence-corrected chi connectivity index (χ1v) is 8.74. The van der Waals surface area contributed by atoms with Crippen LogP contribution in [-0.4, -0.2) is 48.3 Å². The third-order valence-corrected chi connectivity index (χ3v) is 4.51. The molecule has 1 aromatic carbocycles. The zero-order chi connectivity index (χ0) is 18.8. The van der Waals surface area contributed by atoms with E-state index in [1.54, 1.807) is 24.3 Å². The highest BCUT2D eigenvalue weighted by atomic mass is 16.8. The van der Waals surface area contributed by atoms with Gasteiger partial charge < -0.3 is 33.8 Å². The monoisotopic (exact) mass is 375 g/mol. The molecule has 0 spiro atoms. The van der Waals surface area contributed by atoms with Crippen molar-refractivity contribution in [3.05, 3.63) is 54.5 Å².